The molecule has 2 rings (SSSR count). The van der Waals surface area contributed by atoms with Gasteiger partial charge >= 0.3 is 5.97 Å². The number of benzene rings is 1. The lowest BCUT2D eigenvalue weighted by Gasteiger charge is -2.05. The Bertz CT molecular complexity index is 632. The number of anilines is 1. The van der Waals surface area contributed by atoms with Gasteiger partial charge in [-0.15, -0.1) is 0 Å². The zero-order valence-electron chi connectivity index (χ0n) is 9.33. The van der Waals surface area contributed by atoms with Crippen LogP contribution in [0.25, 0.3) is 0 Å². The van der Waals surface area contributed by atoms with Crippen LogP contribution in [0.4, 0.5) is 5.82 Å². The molecule has 2 N–H and O–H groups in total. The third kappa shape index (κ3) is 2.44. The lowest BCUT2D eigenvalue weighted by atomic mass is 10.2. The van der Waals surface area contributed by atoms with E-state index in [2.05, 4.69) is 4.98 Å². The molecular weight excluding hydrogens is 230 g/mol. The van der Waals surface area contributed by atoms with Crippen molar-refractivity contribution < 1.29 is 9.53 Å². The number of nitrogens with zero attached hydrogens (tertiary/aromatic N) is 2. The van der Waals surface area contributed by atoms with E-state index < -0.39 is 5.97 Å². The average Bonchev–Trinajstić information content (AvgIpc) is 2.39. The van der Waals surface area contributed by atoms with Crippen LogP contribution in [-0.2, 0) is 0 Å². The highest BCUT2D eigenvalue weighted by molar-refractivity contribution is 5.95. The number of aromatic nitrogens is 1. The number of rotatable bonds is 2. The van der Waals surface area contributed by atoms with Crippen LogP contribution in [0.2, 0.25) is 0 Å². The fourth-order valence-corrected chi connectivity index (χ4v) is 1.38. The van der Waals surface area contributed by atoms with Crippen LogP contribution in [0, 0.1) is 11.3 Å². The third-order valence-electron chi connectivity index (χ3n) is 2.23. The molecule has 0 saturated heterocycles. The van der Waals surface area contributed by atoms with Gasteiger partial charge in [0.1, 0.15) is 17.1 Å². The van der Waals surface area contributed by atoms with Crippen molar-refractivity contribution >= 4 is 11.8 Å². The highest BCUT2D eigenvalue weighted by Gasteiger charge is 2.12. The predicted molar refractivity (Wildman–Crippen MR) is 64.8 cm³/mol. The molecule has 2 aromatic rings. The molecule has 0 aliphatic carbocycles. The van der Waals surface area contributed by atoms with Gasteiger partial charge in [-0.05, 0) is 30.3 Å². The first-order chi connectivity index (χ1) is 8.70. The topological polar surface area (TPSA) is 89.0 Å². The second-order valence-electron chi connectivity index (χ2n) is 3.47. The summed E-state index contributed by atoms with van der Waals surface area (Å²) in [4.78, 5) is 15.6. The number of hydrogen-bond donors (Lipinski definition) is 1. The van der Waals surface area contributed by atoms with Gasteiger partial charge in [-0.25, -0.2) is 9.78 Å². The fraction of sp³-hybridized carbons (Fsp3) is 0. The number of nitrogens with two attached hydrogens (primary N) is 1. The smallest absolute Gasteiger partial charge is 0.347 e. The van der Waals surface area contributed by atoms with Gasteiger partial charge in [-0.2, -0.15) is 5.26 Å². The maximum atomic E-state index is 11.8. The van der Waals surface area contributed by atoms with Crippen LogP contribution >= 0.6 is 0 Å². The van der Waals surface area contributed by atoms with E-state index in [1.807, 2.05) is 6.07 Å². The van der Waals surface area contributed by atoms with Gasteiger partial charge in [0.15, 0.2) is 0 Å². The van der Waals surface area contributed by atoms with Crippen molar-refractivity contribution in [3.63, 3.8) is 0 Å². The lowest BCUT2D eigenvalue weighted by molar-refractivity contribution is 0.0735. The normalized spacial score (nSPS) is 9.50. The van der Waals surface area contributed by atoms with Crippen LogP contribution in [0.1, 0.15) is 15.9 Å². The highest BCUT2D eigenvalue weighted by atomic mass is 16.5. The summed E-state index contributed by atoms with van der Waals surface area (Å²) < 4.78 is 5.11. The van der Waals surface area contributed by atoms with Gasteiger partial charge in [-0.3, -0.25) is 0 Å². The fourth-order valence-electron chi connectivity index (χ4n) is 1.38. The SMILES string of the molecule is N#Cc1cccc(OC(=O)c2cccnc2N)c1. The Balaban J connectivity index is 2.22. The number of hydrogen-bond acceptors (Lipinski definition) is 5. The average molecular weight is 239 g/mol. The zero-order valence-corrected chi connectivity index (χ0v) is 9.33. The molecule has 0 bridgehead atoms. The van der Waals surface area contributed by atoms with Gasteiger partial charge in [0, 0.05) is 6.20 Å². The first-order valence-electron chi connectivity index (χ1n) is 5.13. The summed E-state index contributed by atoms with van der Waals surface area (Å²) in [7, 11) is 0. The van der Waals surface area contributed by atoms with Crippen LogP contribution in [0.5, 0.6) is 5.75 Å². The second-order valence-corrected chi connectivity index (χ2v) is 3.47. The molecule has 0 atom stereocenters. The van der Waals surface area contributed by atoms with E-state index >= 15 is 0 Å². The Morgan fingerprint density at radius 1 is 1.33 bits per heavy atom. The summed E-state index contributed by atoms with van der Waals surface area (Å²) >= 11 is 0. The van der Waals surface area contributed by atoms with E-state index in [1.54, 1.807) is 24.3 Å². The number of nitriles is 1. The first kappa shape index (κ1) is 11.6. The Morgan fingerprint density at radius 2 is 2.17 bits per heavy atom. The summed E-state index contributed by atoms with van der Waals surface area (Å²) in [6.07, 6.45) is 1.49. The maximum Gasteiger partial charge on any atom is 0.347 e. The minimum Gasteiger partial charge on any atom is -0.423 e. The molecule has 0 spiro atoms. The molecule has 0 aliphatic heterocycles. The predicted octanol–water partition coefficient (Wildman–Crippen LogP) is 1.75. The molecule has 5 heteroatoms. The van der Waals surface area contributed by atoms with Gasteiger partial charge in [0.05, 0.1) is 11.6 Å². The first-order valence-corrected chi connectivity index (χ1v) is 5.13. The Hall–Kier alpha value is -2.87. The molecule has 5 nitrogen and oxygen atoms in total. The largest absolute Gasteiger partial charge is 0.423 e. The van der Waals surface area contributed by atoms with Crippen molar-refractivity contribution in [1.82, 2.24) is 4.98 Å². The number of carbonyl (C=O) groups is 1. The quantitative estimate of drug-likeness (QED) is 0.637. The molecule has 0 unspecified atom stereocenters. The molecule has 88 valence electrons. The van der Waals surface area contributed by atoms with E-state index in [0.29, 0.717) is 11.3 Å². The van der Waals surface area contributed by atoms with Gasteiger partial charge in [0.2, 0.25) is 0 Å². The number of pyridine rings is 1. The number of carbonyl (C=O) groups excluding carboxylic acids is 1. The monoisotopic (exact) mass is 239 g/mol. The second kappa shape index (κ2) is 4.97. The summed E-state index contributed by atoms with van der Waals surface area (Å²) in [6, 6.07) is 11.4. The summed E-state index contributed by atoms with van der Waals surface area (Å²) in [5.74, 6) is -0.197. The standard InChI is InChI=1S/C13H9N3O2/c14-8-9-3-1-4-10(7-9)18-13(17)11-5-2-6-16-12(11)15/h1-7H,(H2,15,16). The van der Waals surface area contributed by atoms with Crippen molar-refractivity contribution in [2.24, 2.45) is 0 Å². The Kier molecular flexibility index (Phi) is 3.21. The van der Waals surface area contributed by atoms with Crippen LogP contribution in [0.3, 0.4) is 0 Å². The van der Waals surface area contributed by atoms with E-state index in [9.17, 15) is 4.79 Å². The molecular formula is C13H9N3O2. The van der Waals surface area contributed by atoms with Crippen molar-refractivity contribution in [2.75, 3.05) is 5.73 Å². The van der Waals surface area contributed by atoms with Crippen LogP contribution in [0.15, 0.2) is 42.6 Å². The molecule has 0 radical (unpaired) electrons. The Labute approximate surface area is 103 Å². The van der Waals surface area contributed by atoms with Crippen LogP contribution < -0.4 is 10.5 Å². The van der Waals surface area contributed by atoms with E-state index in [4.69, 9.17) is 15.7 Å². The number of nitrogen functional groups attached to an aromatic ring is 1. The highest BCUT2D eigenvalue weighted by Crippen LogP contribution is 2.16. The van der Waals surface area contributed by atoms with E-state index in [-0.39, 0.29) is 11.4 Å². The molecule has 0 aliphatic rings. The molecule has 1 aromatic carbocycles. The molecule has 1 heterocycles. The maximum absolute atomic E-state index is 11.8. The Morgan fingerprint density at radius 3 is 2.89 bits per heavy atom. The van der Waals surface area contributed by atoms with Crippen molar-refractivity contribution in [2.45, 2.75) is 0 Å². The molecule has 1 aromatic heterocycles. The lowest BCUT2D eigenvalue weighted by Crippen LogP contribution is -2.12. The van der Waals surface area contributed by atoms with Gasteiger partial charge < -0.3 is 10.5 Å². The zero-order chi connectivity index (χ0) is 13.0. The molecule has 0 fully saturated rings. The third-order valence-corrected chi connectivity index (χ3v) is 2.23. The van der Waals surface area contributed by atoms with Gasteiger partial charge in [0.25, 0.3) is 0 Å². The van der Waals surface area contributed by atoms with E-state index in [1.165, 1.54) is 18.3 Å². The van der Waals surface area contributed by atoms with Crippen molar-refractivity contribution in [3.05, 3.63) is 53.7 Å². The summed E-state index contributed by atoms with van der Waals surface area (Å²) in [6.45, 7) is 0. The summed E-state index contributed by atoms with van der Waals surface area (Å²) in [5.41, 5.74) is 6.18. The van der Waals surface area contributed by atoms with Crippen molar-refractivity contribution in [1.29, 1.82) is 5.26 Å². The number of esters is 1. The number of ether oxygens (including phenoxy) is 1. The van der Waals surface area contributed by atoms with Gasteiger partial charge in [-0.1, -0.05) is 6.07 Å². The minimum atomic E-state index is -0.601. The molecule has 18 heavy (non-hydrogen) atoms. The van der Waals surface area contributed by atoms with Crippen molar-refractivity contribution in [3.8, 4) is 11.8 Å². The summed E-state index contributed by atoms with van der Waals surface area (Å²) in [5, 5.41) is 8.74. The minimum absolute atomic E-state index is 0.110. The van der Waals surface area contributed by atoms with Crippen LogP contribution in [-0.4, -0.2) is 11.0 Å². The van der Waals surface area contributed by atoms with E-state index in [0.717, 1.165) is 0 Å². The molecule has 0 amide bonds. The molecule has 0 saturated carbocycles.